The summed E-state index contributed by atoms with van der Waals surface area (Å²) >= 11 is 1.23. The Hall–Kier alpha value is -1.17. The summed E-state index contributed by atoms with van der Waals surface area (Å²) in [4.78, 5) is 11.2. The van der Waals surface area contributed by atoms with Crippen molar-refractivity contribution in [1.82, 2.24) is 0 Å². The van der Waals surface area contributed by atoms with Crippen molar-refractivity contribution in [1.29, 1.82) is 0 Å². The summed E-state index contributed by atoms with van der Waals surface area (Å²) in [6.45, 7) is 1.55. The predicted molar refractivity (Wildman–Crippen MR) is 59.0 cm³/mol. The van der Waals surface area contributed by atoms with Gasteiger partial charge in [0.15, 0.2) is 0 Å². The topological polar surface area (TPSA) is 37.3 Å². The van der Waals surface area contributed by atoms with Crippen molar-refractivity contribution in [3.05, 3.63) is 29.8 Å². The lowest BCUT2D eigenvalue weighted by molar-refractivity contribution is -0.140. The highest BCUT2D eigenvalue weighted by atomic mass is 32.2. The summed E-state index contributed by atoms with van der Waals surface area (Å²) < 4.78 is 36.8. The van der Waals surface area contributed by atoms with E-state index in [-0.39, 0.29) is 0 Å². The van der Waals surface area contributed by atoms with Gasteiger partial charge in [-0.1, -0.05) is 6.92 Å². The van der Waals surface area contributed by atoms with Gasteiger partial charge in [0.05, 0.1) is 11.5 Å². The number of carboxylic acids is 1. The largest absolute Gasteiger partial charge is 0.481 e. The fraction of sp³-hybridized carbons (Fsp3) is 0.364. The van der Waals surface area contributed by atoms with Crippen LogP contribution in [0.1, 0.15) is 12.5 Å². The Labute approximate surface area is 101 Å². The molecular formula is C11H11F3O2S. The zero-order valence-corrected chi connectivity index (χ0v) is 9.81. The van der Waals surface area contributed by atoms with E-state index in [1.807, 2.05) is 0 Å². The van der Waals surface area contributed by atoms with Crippen molar-refractivity contribution in [2.75, 3.05) is 5.75 Å². The summed E-state index contributed by atoms with van der Waals surface area (Å²) in [6.07, 6.45) is -4.34. The monoisotopic (exact) mass is 264 g/mol. The molecule has 0 bridgehead atoms. The van der Waals surface area contributed by atoms with Crippen LogP contribution in [0.2, 0.25) is 0 Å². The quantitative estimate of drug-likeness (QED) is 0.845. The van der Waals surface area contributed by atoms with E-state index in [1.165, 1.54) is 23.9 Å². The predicted octanol–water partition coefficient (Wildman–Crippen LogP) is 3.52. The second-order valence-corrected chi connectivity index (χ2v) is 4.67. The molecule has 1 rings (SSSR count). The molecule has 94 valence electrons. The molecule has 1 aromatic carbocycles. The van der Waals surface area contributed by atoms with Crippen LogP contribution >= 0.6 is 11.8 Å². The normalized spacial score (nSPS) is 13.4. The van der Waals surface area contributed by atoms with Gasteiger partial charge in [-0.25, -0.2) is 0 Å². The molecule has 0 aliphatic heterocycles. The van der Waals surface area contributed by atoms with Gasteiger partial charge in [-0.05, 0) is 24.3 Å². The van der Waals surface area contributed by atoms with Gasteiger partial charge < -0.3 is 5.11 Å². The maximum Gasteiger partial charge on any atom is 0.416 e. The first-order valence-electron chi connectivity index (χ1n) is 4.83. The first-order chi connectivity index (χ1) is 7.80. The van der Waals surface area contributed by atoms with Gasteiger partial charge in [-0.2, -0.15) is 13.2 Å². The van der Waals surface area contributed by atoms with Crippen molar-refractivity contribution in [2.45, 2.75) is 18.0 Å². The Balaban J connectivity index is 2.60. The first kappa shape index (κ1) is 13.9. The number of benzene rings is 1. The van der Waals surface area contributed by atoms with Gasteiger partial charge in [0, 0.05) is 10.6 Å². The number of thioether (sulfide) groups is 1. The molecule has 2 nitrogen and oxygen atoms in total. The molecule has 6 heteroatoms. The lowest BCUT2D eigenvalue weighted by Gasteiger charge is -2.08. The minimum Gasteiger partial charge on any atom is -0.481 e. The molecule has 0 heterocycles. The lowest BCUT2D eigenvalue weighted by atomic mass is 10.2. The van der Waals surface area contributed by atoms with Crippen molar-refractivity contribution in [3.8, 4) is 0 Å². The van der Waals surface area contributed by atoms with Gasteiger partial charge in [0.1, 0.15) is 0 Å². The number of aliphatic carboxylic acids is 1. The van der Waals surface area contributed by atoms with E-state index in [1.54, 1.807) is 6.92 Å². The summed E-state index contributed by atoms with van der Waals surface area (Å²) in [6, 6.07) is 4.69. The minimum absolute atomic E-state index is 0.334. The molecule has 17 heavy (non-hydrogen) atoms. The number of hydrogen-bond donors (Lipinski definition) is 1. The molecule has 1 unspecified atom stereocenters. The van der Waals surface area contributed by atoms with Crippen molar-refractivity contribution >= 4 is 17.7 Å². The third kappa shape index (κ3) is 4.30. The number of halogens is 3. The Morgan fingerprint density at radius 2 is 1.88 bits per heavy atom. The molecule has 1 N–H and O–H groups in total. The zero-order chi connectivity index (χ0) is 13.1. The number of alkyl halides is 3. The van der Waals surface area contributed by atoms with E-state index in [2.05, 4.69) is 0 Å². The van der Waals surface area contributed by atoms with Gasteiger partial charge in [-0.15, -0.1) is 11.8 Å². The van der Waals surface area contributed by atoms with E-state index < -0.39 is 23.6 Å². The first-order valence-corrected chi connectivity index (χ1v) is 5.82. The Kier molecular flexibility index (Phi) is 4.45. The fourth-order valence-corrected chi connectivity index (χ4v) is 1.95. The van der Waals surface area contributed by atoms with Crippen LogP contribution in [0, 0.1) is 5.92 Å². The van der Waals surface area contributed by atoms with Crippen LogP contribution < -0.4 is 0 Å². The molecule has 0 saturated heterocycles. The van der Waals surface area contributed by atoms with E-state index >= 15 is 0 Å². The summed E-state index contributed by atoms with van der Waals surface area (Å²) in [5.41, 5.74) is -0.701. The molecule has 0 fully saturated rings. The van der Waals surface area contributed by atoms with Crippen LogP contribution in [-0.2, 0) is 11.0 Å². The van der Waals surface area contributed by atoms with Crippen molar-refractivity contribution in [3.63, 3.8) is 0 Å². The van der Waals surface area contributed by atoms with Gasteiger partial charge in [0.25, 0.3) is 0 Å². The van der Waals surface area contributed by atoms with Crippen LogP contribution in [-0.4, -0.2) is 16.8 Å². The molecule has 0 aliphatic rings. The van der Waals surface area contributed by atoms with Crippen LogP contribution in [0.3, 0.4) is 0 Å². The average Bonchev–Trinajstić information content (AvgIpc) is 2.25. The lowest BCUT2D eigenvalue weighted by Crippen LogP contribution is -2.11. The summed E-state index contributed by atoms with van der Waals surface area (Å²) in [5.74, 6) is -1.10. The van der Waals surface area contributed by atoms with E-state index in [4.69, 9.17) is 5.11 Å². The Bertz CT molecular complexity index is 387. The van der Waals surface area contributed by atoms with Gasteiger partial charge in [-0.3, -0.25) is 4.79 Å². The molecule has 1 atom stereocenters. The second-order valence-electron chi connectivity index (χ2n) is 3.57. The van der Waals surface area contributed by atoms with E-state index in [9.17, 15) is 18.0 Å². The average molecular weight is 264 g/mol. The molecule has 0 saturated carbocycles. The molecule has 0 spiro atoms. The van der Waals surface area contributed by atoms with Crippen LogP contribution in [0.4, 0.5) is 13.2 Å². The molecule has 0 aliphatic carbocycles. The maximum atomic E-state index is 12.3. The van der Waals surface area contributed by atoms with Crippen LogP contribution in [0.25, 0.3) is 0 Å². The zero-order valence-electron chi connectivity index (χ0n) is 8.99. The third-order valence-electron chi connectivity index (χ3n) is 2.10. The molecular weight excluding hydrogens is 253 g/mol. The van der Waals surface area contributed by atoms with Crippen LogP contribution in [0.15, 0.2) is 29.2 Å². The molecule has 1 aromatic rings. The number of hydrogen-bond acceptors (Lipinski definition) is 2. The second kappa shape index (κ2) is 5.44. The summed E-state index contributed by atoms with van der Waals surface area (Å²) in [5, 5.41) is 8.65. The SMILES string of the molecule is CC(CSc1ccc(C(F)(F)F)cc1)C(=O)O. The fourth-order valence-electron chi connectivity index (χ4n) is 1.03. The van der Waals surface area contributed by atoms with Crippen molar-refractivity contribution < 1.29 is 23.1 Å². The third-order valence-corrected chi connectivity index (χ3v) is 3.38. The van der Waals surface area contributed by atoms with Crippen LogP contribution in [0.5, 0.6) is 0 Å². The Morgan fingerprint density at radius 1 is 1.35 bits per heavy atom. The number of rotatable bonds is 4. The highest BCUT2D eigenvalue weighted by molar-refractivity contribution is 7.99. The van der Waals surface area contributed by atoms with Gasteiger partial charge >= 0.3 is 12.1 Å². The van der Waals surface area contributed by atoms with Gasteiger partial charge in [0.2, 0.25) is 0 Å². The summed E-state index contributed by atoms with van der Waals surface area (Å²) in [7, 11) is 0. The highest BCUT2D eigenvalue weighted by Gasteiger charge is 2.29. The number of carboxylic acid groups (broad SMARTS) is 1. The smallest absolute Gasteiger partial charge is 0.416 e. The Morgan fingerprint density at radius 3 is 2.29 bits per heavy atom. The molecule has 0 amide bonds. The van der Waals surface area contributed by atoms with Crippen molar-refractivity contribution in [2.24, 2.45) is 5.92 Å². The maximum absolute atomic E-state index is 12.3. The standard InChI is InChI=1S/C11H11F3O2S/c1-7(10(15)16)6-17-9-4-2-8(3-5-9)11(12,13)14/h2-5,7H,6H2,1H3,(H,15,16). The molecule has 0 radical (unpaired) electrons. The minimum atomic E-state index is -4.34. The highest BCUT2D eigenvalue weighted by Crippen LogP contribution is 2.31. The number of carbonyl (C=O) groups is 1. The molecule has 0 aromatic heterocycles. The van der Waals surface area contributed by atoms with E-state index in [0.717, 1.165) is 12.1 Å². The van der Waals surface area contributed by atoms with E-state index in [0.29, 0.717) is 10.6 Å².